The normalized spacial score (nSPS) is 12.0. The average molecular weight is 532 g/mol. The molecule has 0 aliphatic rings. The van der Waals surface area contributed by atoms with Crippen LogP contribution < -0.4 is 4.90 Å². The van der Waals surface area contributed by atoms with E-state index in [1.54, 1.807) is 0 Å². The van der Waals surface area contributed by atoms with Crippen molar-refractivity contribution >= 4 is 92.4 Å². The highest BCUT2D eigenvalue weighted by molar-refractivity contribution is 7.27. The molecule has 0 saturated heterocycles. The van der Waals surface area contributed by atoms with Gasteiger partial charge in [-0.1, -0.05) is 66.7 Å². The summed E-state index contributed by atoms with van der Waals surface area (Å²) in [6, 6.07) is 44.4. The van der Waals surface area contributed by atoms with E-state index < -0.39 is 0 Å². The maximum Gasteiger partial charge on any atom is 0.159 e. The minimum atomic E-state index is 0.883. The van der Waals surface area contributed by atoms with Crippen molar-refractivity contribution in [2.24, 2.45) is 0 Å². The van der Waals surface area contributed by atoms with Gasteiger partial charge >= 0.3 is 0 Å². The molecule has 0 radical (unpaired) electrons. The molecule has 9 aromatic rings. The van der Waals surface area contributed by atoms with Crippen molar-refractivity contribution in [2.45, 2.75) is 0 Å². The molecule has 0 aliphatic heterocycles. The van der Waals surface area contributed by atoms with Gasteiger partial charge < -0.3 is 13.7 Å². The van der Waals surface area contributed by atoms with Crippen molar-refractivity contribution < 1.29 is 8.83 Å². The van der Waals surface area contributed by atoms with Crippen LogP contribution in [0, 0.1) is 0 Å². The first kappa shape index (κ1) is 21.8. The molecule has 40 heavy (non-hydrogen) atoms. The molecule has 0 N–H and O–H groups in total. The van der Waals surface area contributed by atoms with Gasteiger partial charge in [-0.25, -0.2) is 0 Å². The van der Waals surface area contributed by atoms with Crippen molar-refractivity contribution in [2.75, 3.05) is 4.90 Å². The first-order valence-corrected chi connectivity index (χ1v) is 14.2. The molecule has 4 heteroatoms. The summed E-state index contributed by atoms with van der Waals surface area (Å²) in [6.45, 7) is 0. The zero-order chi connectivity index (χ0) is 26.2. The molecule has 0 atom stereocenters. The van der Waals surface area contributed by atoms with Gasteiger partial charge in [-0.05, 0) is 60.7 Å². The van der Waals surface area contributed by atoms with E-state index in [-0.39, 0.29) is 0 Å². The monoisotopic (exact) mass is 531 g/mol. The summed E-state index contributed by atoms with van der Waals surface area (Å²) in [7, 11) is 0. The number of fused-ring (bicyclic) bond motifs is 11. The lowest BCUT2D eigenvalue weighted by molar-refractivity contribution is 0.669. The molecule has 0 unspecified atom stereocenters. The highest BCUT2D eigenvalue weighted by atomic mass is 32.1. The van der Waals surface area contributed by atoms with Crippen LogP contribution in [0.2, 0.25) is 0 Å². The van der Waals surface area contributed by atoms with E-state index in [9.17, 15) is 0 Å². The summed E-state index contributed by atoms with van der Waals surface area (Å²) >= 11 is 1.83. The Morgan fingerprint density at radius 1 is 0.425 bits per heavy atom. The molecule has 3 nitrogen and oxygen atoms in total. The van der Waals surface area contributed by atoms with Crippen LogP contribution in [0.1, 0.15) is 0 Å². The van der Waals surface area contributed by atoms with Crippen LogP contribution in [0.4, 0.5) is 17.1 Å². The van der Waals surface area contributed by atoms with Gasteiger partial charge in [0.05, 0.1) is 5.69 Å². The van der Waals surface area contributed by atoms with Crippen LogP contribution in [0.15, 0.2) is 136 Å². The van der Waals surface area contributed by atoms with Crippen molar-refractivity contribution in [3.05, 3.63) is 127 Å². The average Bonchev–Trinajstić information content (AvgIpc) is 3.69. The second-order valence-electron chi connectivity index (χ2n) is 10.1. The molecule has 9 rings (SSSR count). The Bertz CT molecular complexity index is 2340. The summed E-state index contributed by atoms with van der Waals surface area (Å²) in [6.07, 6.45) is 0. The maximum absolute atomic E-state index is 6.70. The molecule has 3 aromatic heterocycles. The minimum absolute atomic E-state index is 0.883. The molecule has 0 aliphatic carbocycles. The first-order chi connectivity index (χ1) is 19.8. The maximum atomic E-state index is 6.70. The van der Waals surface area contributed by atoms with Gasteiger partial charge in [0.1, 0.15) is 16.7 Å². The molecule has 3 heterocycles. The molecule has 6 aromatic carbocycles. The zero-order valence-electron chi connectivity index (χ0n) is 21.3. The summed E-state index contributed by atoms with van der Waals surface area (Å²) in [5.41, 5.74) is 6.82. The predicted octanol–water partition coefficient (Wildman–Crippen LogP) is 11.3. The van der Waals surface area contributed by atoms with Crippen molar-refractivity contribution in [3.63, 3.8) is 0 Å². The first-order valence-electron chi connectivity index (χ1n) is 13.4. The van der Waals surface area contributed by atoms with E-state index in [4.69, 9.17) is 8.83 Å². The molecule has 0 fully saturated rings. The third kappa shape index (κ3) is 2.99. The van der Waals surface area contributed by atoms with Crippen LogP contribution in [-0.4, -0.2) is 0 Å². The van der Waals surface area contributed by atoms with E-state index in [1.165, 1.54) is 25.6 Å². The van der Waals surface area contributed by atoms with E-state index in [0.29, 0.717) is 0 Å². The largest absolute Gasteiger partial charge is 0.456 e. The fraction of sp³-hybridized carbons (Fsp3) is 0. The van der Waals surface area contributed by atoms with Crippen LogP contribution in [0.3, 0.4) is 0 Å². The lowest BCUT2D eigenvalue weighted by atomic mass is 10.1. The fourth-order valence-electron chi connectivity index (χ4n) is 6.12. The van der Waals surface area contributed by atoms with Crippen LogP contribution >= 0.6 is 11.3 Å². The van der Waals surface area contributed by atoms with E-state index in [2.05, 4.69) is 108 Å². The molecule has 0 amide bonds. The van der Waals surface area contributed by atoms with Crippen molar-refractivity contribution in [1.82, 2.24) is 0 Å². The number of rotatable bonds is 3. The second kappa shape index (κ2) is 8.22. The molecular formula is C36H21NO2S. The smallest absolute Gasteiger partial charge is 0.159 e. The van der Waals surface area contributed by atoms with Crippen LogP contribution in [-0.2, 0) is 0 Å². The summed E-state index contributed by atoms with van der Waals surface area (Å²) in [5.74, 6) is 0. The molecular weight excluding hydrogens is 510 g/mol. The molecule has 0 bridgehead atoms. The number of para-hydroxylation sites is 4. The standard InChI is InChI=1S/C36H21NO2S/c1-3-10-22(11-4-1)37(23-12-5-2-6-13-23)28-16-9-15-27-33-31(39-34(27)28)21-19-25-24-18-20-30-32(35(24)40-36(25)33)26-14-7-8-17-29(26)38-30/h1-21H. The Morgan fingerprint density at radius 3 is 1.70 bits per heavy atom. The van der Waals surface area contributed by atoms with Gasteiger partial charge in [0, 0.05) is 53.1 Å². The predicted molar refractivity (Wildman–Crippen MR) is 169 cm³/mol. The Morgan fingerprint density at radius 2 is 1.00 bits per heavy atom. The minimum Gasteiger partial charge on any atom is -0.456 e. The third-order valence-corrected chi connectivity index (χ3v) is 9.11. The zero-order valence-corrected chi connectivity index (χ0v) is 22.1. The third-order valence-electron chi connectivity index (χ3n) is 7.85. The van der Waals surface area contributed by atoms with E-state index in [1.807, 2.05) is 35.6 Å². The van der Waals surface area contributed by atoms with Gasteiger partial charge in [-0.15, -0.1) is 11.3 Å². The number of hydrogen-bond acceptors (Lipinski definition) is 4. The van der Waals surface area contributed by atoms with Gasteiger partial charge in [-0.3, -0.25) is 0 Å². The summed E-state index contributed by atoms with van der Waals surface area (Å²) < 4.78 is 15.4. The Hall–Kier alpha value is -5.06. The quantitative estimate of drug-likeness (QED) is 0.227. The Labute approximate surface area is 233 Å². The number of anilines is 3. The van der Waals surface area contributed by atoms with Gasteiger partial charge in [-0.2, -0.15) is 0 Å². The van der Waals surface area contributed by atoms with Gasteiger partial charge in [0.25, 0.3) is 0 Å². The topological polar surface area (TPSA) is 29.5 Å². The number of hydrogen-bond donors (Lipinski definition) is 0. The number of benzene rings is 6. The van der Waals surface area contributed by atoms with Gasteiger partial charge in [0.2, 0.25) is 0 Å². The fourth-order valence-corrected chi connectivity index (χ4v) is 7.53. The van der Waals surface area contributed by atoms with Crippen molar-refractivity contribution in [1.29, 1.82) is 0 Å². The molecule has 0 spiro atoms. The summed E-state index contributed by atoms with van der Waals surface area (Å²) in [5, 5.41) is 7.13. The summed E-state index contributed by atoms with van der Waals surface area (Å²) in [4.78, 5) is 2.27. The Kier molecular flexibility index (Phi) is 4.48. The van der Waals surface area contributed by atoms with Crippen LogP contribution in [0.5, 0.6) is 0 Å². The molecule has 188 valence electrons. The van der Waals surface area contributed by atoms with Crippen LogP contribution in [0.25, 0.3) is 64.0 Å². The number of furan rings is 2. The van der Waals surface area contributed by atoms with E-state index >= 15 is 0 Å². The highest BCUT2D eigenvalue weighted by Gasteiger charge is 2.22. The number of nitrogens with zero attached hydrogens (tertiary/aromatic N) is 1. The number of thiophene rings is 1. The van der Waals surface area contributed by atoms with Gasteiger partial charge in [0.15, 0.2) is 5.58 Å². The highest BCUT2D eigenvalue weighted by Crippen LogP contribution is 2.48. The Balaban J connectivity index is 1.37. The molecule has 0 saturated carbocycles. The van der Waals surface area contributed by atoms with Crippen molar-refractivity contribution in [3.8, 4) is 0 Å². The second-order valence-corrected chi connectivity index (χ2v) is 11.1. The van der Waals surface area contributed by atoms with E-state index in [0.717, 1.165) is 55.6 Å². The lowest BCUT2D eigenvalue weighted by Gasteiger charge is -2.25. The lowest BCUT2D eigenvalue weighted by Crippen LogP contribution is -2.09. The SMILES string of the molecule is c1ccc(N(c2ccccc2)c2cccc3c2oc2ccc4c5ccc6oc7ccccc7c6c5sc4c23)cc1.